The molecule has 2 N–H and O–H groups in total. The summed E-state index contributed by atoms with van der Waals surface area (Å²) in [6.07, 6.45) is -0.893. The predicted molar refractivity (Wildman–Crippen MR) is 108 cm³/mol. The van der Waals surface area contributed by atoms with Crippen LogP contribution in [0.15, 0.2) is 66.0 Å². The Labute approximate surface area is 162 Å². The van der Waals surface area contributed by atoms with Crippen LogP contribution in [0.2, 0.25) is 0 Å². The van der Waals surface area contributed by atoms with Gasteiger partial charge in [0, 0.05) is 11.3 Å². The van der Waals surface area contributed by atoms with Gasteiger partial charge in [-0.05, 0) is 42.6 Å². The lowest BCUT2D eigenvalue weighted by Gasteiger charge is -2.20. The fraction of sp³-hybridized carbons (Fsp3) is 0.143. The number of nitrogens with one attached hydrogen (secondary N) is 2. The van der Waals surface area contributed by atoms with Crippen molar-refractivity contribution >= 4 is 28.7 Å². The van der Waals surface area contributed by atoms with Crippen molar-refractivity contribution in [2.75, 3.05) is 12.4 Å². The number of anilines is 1. The largest absolute Gasteiger partial charge is 0.497 e. The van der Waals surface area contributed by atoms with E-state index in [1.54, 1.807) is 55.6 Å². The van der Waals surface area contributed by atoms with E-state index in [0.29, 0.717) is 21.9 Å². The van der Waals surface area contributed by atoms with Crippen LogP contribution in [0, 0.1) is 6.92 Å². The van der Waals surface area contributed by atoms with E-state index in [9.17, 15) is 9.59 Å². The Hall–Kier alpha value is -3.12. The molecule has 0 saturated heterocycles. The van der Waals surface area contributed by atoms with Gasteiger partial charge in [-0.1, -0.05) is 35.9 Å². The van der Waals surface area contributed by atoms with Crippen LogP contribution >= 0.6 is 11.3 Å². The minimum absolute atomic E-state index is 0.212. The number of Topliss-reactive ketones (excluding diaryl/α,β-unsaturated/α-hetero) is 1. The molecule has 1 atom stereocenters. The van der Waals surface area contributed by atoms with Gasteiger partial charge in [-0.15, -0.1) is 11.3 Å². The second kappa shape index (κ2) is 8.51. The van der Waals surface area contributed by atoms with Crippen LogP contribution in [0.25, 0.3) is 0 Å². The Balaban J connectivity index is 1.83. The van der Waals surface area contributed by atoms with Crippen LogP contribution in [-0.4, -0.2) is 25.0 Å². The normalized spacial score (nSPS) is 11.5. The van der Waals surface area contributed by atoms with Crippen LogP contribution in [-0.2, 0) is 0 Å². The maximum Gasteiger partial charge on any atom is 0.263 e. The summed E-state index contributed by atoms with van der Waals surface area (Å²) in [4.78, 5) is 26.0. The van der Waals surface area contributed by atoms with Gasteiger partial charge in [0.15, 0.2) is 6.17 Å². The number of ether oxygens (including phenoxy) is 1. The fourth-order valence-electron chi connectivity index (χ4n) is 2.52. The van der Waals surface area contributed by atoms with Crippen molar-refractivity contribution in [3.63, 3.8) is 0 Å². The van der Waals surface area contributed by atoms with Gasteiger partial charge in [0.2, 0.25) is 5.78 Å². The number of hydrogen-bond acceptors (Lipinski definition) is 5. The van der Waals surface area contributed by atoms with Gasteiger partial charge in [-0.2, -0.15) is 0 Å². The average molecular weight is 380 g/mol. The first kappa shape index (κ1) is 18.7. The third-order valence-electron chi connectivity index (χ3n) is 4.02. The van der Waals surface area contributed by atoms with Gasteiger partial charge >= 0.3 is 0 Å². The van der Waals surface area contributed by atoms with E-state index in [4.69, 9.17) is 4.74 Å². The molecule has 0 unspecified atom stereocenters. The highest BCUT2D eigenvalue weighted by atomic mass is 32.1. The predicted octanol–water partition coefficient (Wildman–Crippen LogP) is 4.12. The Morgan fingerprint density at radius 2 is 1.70 bits per heavy atom. The van der Waals surface area contributed by atoms with Gasteiger partial charge in [0.1, 0.15) is 5.75 Å². The maximum atomic E-state index is 13.0. The zero-order valence-electron chi connectivity index (χ0n) is 15.1. The van der Waals surface area contributed by atoms with Crippen LogP contribution in [0.1, 0.15) is 25.6 Å². The first-order chi connectivity index (χ1) is 13.1. The lowest BCUT2D eigenvalue weighted by atomic mass is 10.1. The van der Waals surface area contributed by atoms with E-state index in [1.165, 1.54) is 11.3 Å². The highest BCUT2D eigenvalue weighted by Gasteiger charge is 2.23. The molecule has 0 spiro atoms. The maximum absolute atomic E-state index is 13.0. The van der Waals surface area contributed by atoms with E-state index in [0.717, 1.165) is 5.56 Å². The molecule has 6 heteroatoms. The molecule has 0 aliphatic rings. The molecule has 0 radical (unpaired) electrons. The number of thiophene rings is 1. The molecule has 1 amide bonds. The smallest absolute Gasteiger partial charge is 0.263 e. The van der Waals surface area contributed by atoms with E-state index in [2.05, 4.69) is 10.6 Å². The van der Waals surface area contributed by atoms with Crippen LogP contribution in [0.3, 0.4) is 0 Å². The summed E-state index contributed by atoms with van der Waals surface area (Å²) in [5.74, 6) is 0.205. The Bertz CT molecular complexity index is 904. The number of aryl methyl sites for hydroxylation is 1. The second-order valence-electron chi connectivity index (χ2n) is 5.99. The van der Waals surface area contributed by atoms with Gasteiger partial charge in [-0.25, -0.2) is 0 Å². The number of benzene rings is 2. The minimum Gasteiger partial charge on any atom is -0.497 e. The Kier molecular flexibility index (Phi) is 5.88. The van der Waals surface area contributed by atoms with E-state index in [-0.39, 0.29) is 11.7 Å². The minimum atomic E-state index is -0.893. The summed E-state index contributed by atoms with van der Waals surface area (Å²) >= 11 is 1.33. The summed E-state index contributed by atoms with van der Waals surface area (Å²) in [7, 11) is 1.59. The number of methoxy groups -OCH3 is 1. The quantitative estimate of drug-likeness (QED) is 0.478. The molecule has 2 aromatic carbocycles. The number of rotatable bonds is 7. The van der Waals surface area contributed by atoms with E-state index in [1.807, 2.05) is 24.4 Å². The number of amides is 1. The molecule has 138 valence electrons. The van der Waals surface area contributed by atoms with Gasteiger partial charge < -0.3 is 15.4 Å². The third-order valence-corrected chi connectivity index (χ3v) is 4.89. The monoisotopic (exact) mass is 380 g/mol. The molecule has 0 bridgehead atoms. The number of carbonyl (C=O) groups excluding carboxylic acids is 2. The second-order valence-corrected chi connectivity index (χ2v) is 6.93. The van der Waals surface area contributed by atoms with Crippen molar-refractivity contribution in [1.82, 2.24) is 5.32 Å². The van der Waals surface area contributed by atoms with Gasteiger partial charge in [0.05, 0.1) is 12.0 Å². The number of hydrogen-bond donors (Lipinski definition) is 2. The highest BCUT2D eigenvalue weighted by Crippen LogP contribution is 2.17. The number of ketones is 1. The molecule has 1 aromatic heterocycles. The third kappa shape index (κ3) is 4.74. The molecule has 0 aliphatic heterocycles. The average Bonchev–Trinajstić information content (AvgIpc) is 3.23. The van der Waals surface area contributed by atoms with Gasteiger partial charge in [0.25, 0.3) is 5.91 Å². The number of carbonyl (C=O) groups is 2. The molecule has 27 heavy (non-hydrogen) atoms. The summed E-state index contributed by atoms with van der Waals surface area (Å²) < 4.78 is 5.15. The molecule has 0 saturated carbocycles. The first-order valence-corrected chi connectivity index (χ1v) is 9.30. The van der Waals surface area contributed by atoms with Crippen molar-refractivity contribution < 1.29 is 14.3 Å². The molecular weight excluding hydrogens is 360 g/mol. The van der Waals surface area contributed by atoms with E-state index >= 15 is 0 Å². The molecule has 5 nitrogen and oxygen atoms in total. The van der Waals surface area contributed by atoms with Crippen molar-refractivity contribution in [2.24, 2.45) is 0 Å². The Morgan fingerprint density at radius 1 is 1.00 bits per heavy atom. The zero-order chi connectivity index (χ0) is 19.2. The summed E-state index contributed by atoms with van der Waals surface area (Å²) in [5, 5.41) is 7.71. The van der Waals surface area contributed by atoms with Crippen molar-refractivity contribution in [2.45, 2.75) is 13.1 Å². The first-order valence-electron chi connectivity index (χ1n) is 8.42. The van der Waals surface area contributed by atoms with Crippen LogP contribution < -0.4 is 15.4 Å². The lowest BCUT2D eigenvalue weighted by molar-refractivity contribution is 0.0872. The molecule has 1 heterocycles. The standard InChI is InChI=1S/C21H20N2O3S/c1-14-5-7-15(8-6-14)19(24)20(23-21(25)18-4-3-13-27-18)22-16-9-11-17(26-2)12-10-16/h3-13,20,22H,1-2H3,(H,23,25)/t20-/m0/s1. The van der Waals surface area contributed by atoms with E-state index < -0.39 is 6.17 Å². The highest BCUT2D eigenvalue weighted by molar-refractivity contribution is 7.12. The molecular formula is C21H20N2O3S. The van der Waals surface area contributed by atoms with Gasteiger partial charge in [-0.3, -0.25) is 9.59 Å². The SMILES string of the molecule is COc1ccc(N[C@@H](NC(=O)c2cccs2)C(=O)c2ccc(C)cc2)cc1. The van der Waals surface area contributed by atoms with Crippen molar-refractivity contribution in [3.05, 3.63) is 82.0 Å². The lowest BCUT2D eigenvalue weighted by Crippen LogP contribution is -2.46. The van der Waals surface area contributed by atoms with Crippen molar-refractivity contribution in [3.8, 4) is 5.75 Å². The molecule has 3 aromatic rings. The zero-order valence-corrected chi connectivity index (χ0v) is 15.9. The summed E-state index contributed by atoms with van der Waals surface area (Å²) in [6.45, 7) is 1.96. The molecule has 0 fully saturated rings. The summed E-state index contributed by atoms with van der Waals surface area (Å²) in [5.41, 5.74) is 2.29. The van der Waals surface area contributed by atoms with Crippen molar-refractivity contribution in [1.29, 1.82) is 0 Å². The molecule has 3 rings (SSSR count). The fourth-order valence-corrected chi connectivity index (χ4v) is 3.14. The van der Waals surface area contributed by atoms with Crippen LogP contribution in [0.4, 0.5) is 5.69 Å². The Morgan fingerprint density at radius 3 is 2.30 bits per heavy atom. The molecule has 0 aliphatic carbocycles. The topological polar surface area (TPSA) is 67.4 Å². The van der Waals surface area contributed by atoms with Crippen LogP contribution in [0.5, 0.6) is 5.75 Å². The summed E-state index contributed by atoms with van der Waals surface area (Å²) in [6, 6.07) is 18.0.